The van der Waals surface area contributed by atoms with Gasteiger partial charge in [0, 0.05) is 20.6 Å². The number of nitrogens with zero attached hydrogens (tertiary/aromatic N) is 1. The summed E-state index contributed by atoms with van der Waals surface area (Å²) in [6, 6.07) is 10.3. The van der Waals surface area contributed by atoms with Gasteiger partial charge in [-0.1, -0.05) is 42.5 Å². The maximum absolute atomic E-state index is 5.12. The molecule has 1 aromatic rings. The molecule has 1 rings (SSSR count). The van der Waals surface area contributed by atoms with Gasteiger partial charge in [-0.15, -0.1) is 0 Å². The molecule has 0 atom stereocenters. The van der Waals surface area contributed by atoms with Crippen molar-refractivity contribution in [3.63, 3.8) is 0 Å². The number of benzene rings is 1. The van der Waals surface area contributed by atoms with E-state index in [9.17, 15) is 0 Å². The van der Waals surface area contributed by atoms with E-state index >= 15 is 0 Å². The first kappa shape index (κ1) is 11.5. The summed E-state index contributed by atoms with van der Waals surface area (Å²) in [5.41, 5.74) is 1.27. The van der Waals surface area contributed by atoms with E-state index in [1.165, 1.54) is 17.5 Å². The van der Waals surface area contributed by atoms with Gasteiger partial charge in [-0.05, 0) is 17.5 Å². The zero-order valence-electron chi connectivity index (χ0n) is 8.36. The third-order valence-corrected chi connectivity index (χ3v) is 3.09. The van der Waals surface area contributed by atoms with Crippen LogP contribution in [-0.4, -0.2) is 23.3 Å². The molecule has 4 heteroatoms. The van der Waals surface area contributed by atoms with Crippen LogP contribution in [0, 0.1) is 0 Å². The third-order valence-electron chi connectivity index (χ3n) is 1.64. The second-order valence-corrected chi connectivity index (χ2v) is 4.59. The van der Waals surface area contributed by atoms with Gasteiger partial charge in [0.2, 0.25) is 0 Å². The predicted molar refractivity (Wildman–Crippen MR) is 67.2 cm³/mol. The number of hydrogen-bond acceptors (Lipinski definition) is 3. The first-order chi connectivity index (χ1) is 6.70. The molecule has 0 saturated carbocycles. The first-order valence-electron chi connectivity index (χ1n) is 4.35. The summed E-state index contributed by atoms with van der Waals surface area (Å²) in [6.45, 7) is 0.833. The van der Waals surface area contributed by atoms with Crippen molar-refractivity contribution in [2.45, 2.75) is 6.54 Å². The Morgan fingerprint density at radius 2 is 2.00 bits per heavy atom. The Balaban J connectivity index is 2.26. The lowest BCUT2D eigenvalue weighted by atomic mass is 10.2. The lowest BCUT2D eigenvalue weighted by molar-refractivity contribution is 0.647. The second-order valence-electron chi connectivity index (χ2n) is 3.07. The van der Waals surface area contributed by atoms with Gasteiger partial charge in [0.05, 0.1) is 0 Å². The van der Waals surface area contributed by atoms with Crippen LogP contribution in [-0.2, 0) is 6.54 Å². The molecule has 0 spiro atoms. The molecule has 1 N–H and O–H groups in total. The topological polar surface area (TPSA) is 15.3 Å². The van der Waals surface area contributed by atoms with E-state index in [2.05, 4.69) is 16.9 Å². The average Bonchev–Trinajstić information content (AvgIpc) is 2.19. The molecule has 2 nitrogen and oxygen atoms in total. The Morgan fingerprint density at radius 3 is 2.57 bits per heavy atom. The molecule has 0 bridgehead atoms. The van der Waals surface area contributed by atoms with Gasteiger partial charge in [-0.2, -0.15) is 0 Å². The average molecular weight is 226 g/mol. The maximum Gasteiger partial charge on any atom is 0.150 e. The minimum atomic E-state index is 0.833. The molecule has 0 aromatic heterocycles. The van der Waals surface area contributed by atoms with Crippen LogP contribution in [0.1, 0.15) is 5.56 Å². The van der Waals surface area contributed by atoms with E-state index in [4.69, 9.17) is 12.2 Å². The lowest BCUT2D eigenvalue weighted by Gasteiger charge is -2.12. The third kappa shape index (κ3) is 4.09. The van der Waals surface area contributed by atoms with E-state index in [1.807, 2.05) is 37.2 Å². The van der Waals surface area contributed by atoms with Crippen molar-refractivity contribution in [2.75, 3.05) is 14.1 Å². The Kier molecular flexibility index (Phi) is 4.93. The summed E-state index contributed by atoms with van der Waals surface area (Å²) in [6.07, 6.45) is 0. The van der Waals surface area contributed by atoms with Crippen LogP contribution in [0.25, 0.3) is 0 Å². The molecule has 76 valence electrons. The molecule has 0 aliphatic carbocycles. The summed E-state index contributed by atoms with van der Waals surface area (Å²) < 4.78 is 4.06. The first-order valence-corrected chi connectivity index (χ1v) is 5.57. The monoisotopic (exact) mass is 226 g/mol. The quantitative estimate of drug-likeness (QED) is 0.628. The van der Waals surface area contributed by atoms with Crippen molar-refractivity contribution in [3.05, 3.63) is 35.9 Å². The van der Waals surface area contributed by atoms with Gasteiger partial charge < -0.3 is 4.90 Å². The van der Waals surface area contributed by atoms with Crippen LogP contribution in [0.4, 0.5) is 0 Å². The highest BCUT2D eigenvalue weighted by Crippen LogP contribution is 2.04. The van der Waals surface area contributed by atoms with Crippen LogP contribution in [0.15, 0.2) is 30.3 Å². The lowest BCUT2D eigenvalue weighted by Crippen LogP contribution is -2.20. The highest BCUT2D eigenvalue weighted by molar-refractivity contribution is 8.21. The fraction of sp³-hybridized carbons (Fsp3) is 0.300. The number of hydrogen-bond donors (Lipinski definition) is 1. The van der Waals surface area contributed by atoms with E-state index in [1.54, 1.807) is 0 Å². The highest BCUT2D eigenvalue weighted by Gasteiger charge is 1.98. The van der Waals surface area contributed by atoms with E-state index < -0.39 is 0 Å². The Bertz CT molecular complexity index is 285. The fourth-order valence-corrected chi connectivity index (χ4v) is 1.59. The Labute approximate surface area is 94.8 Å². The number of thiocarbonyl (C=S) groups is 1. The van der Waals surface area contributed by atoms with Gasteiger partial charge in [0.15, 0.2) is 4.32 Å². The standard InChI is InChI=1S/C10H14N2S2/c1-12(2)10(13)14-11-8-9-6-4-3-5-7-9/h3-7,11H,8H2,1-2H3. The van der Waals surface area contributed by atoms with Crippen LogP contribution in [0.3, 0.4) is 0 Å². The smallest absolute Gasteiger partial charge is 0.150 e. The van der Waals surface area contributed by atoms with E-state index in [0.29, 0.717) is 0 Å². The molecule has 14 heavy (non-hydrogen) atoms. The number of nitrogens with one attached hydrogen (secondary N) is 1. The van der Waals surface area contributed by atoms with Crippen molar-refractivity contribution >= 4 is 28.5 Å². The van der Waals surface area contributed by atoms with Gasteiger partial charge in [0.1, 0.15) is 0 Å². The molecule has 0 radical (unpaired) electrons. The SMILES string of the molecule is CN(C)C(=S)SNCc1ccccc1. The van der Waals surface area contributed by atoms with Crippen LogP contribution in [0.5, 0.6) is 0 Å². The molecule has 0 fully saturated rings. The van der Waals surface area contributed by atoms with E-state index in [0.717, 1.165) is 10.9 Å². The second kappa shape index (κ2) is 6.01. The van der Waals surface area contributed by atoms with Crippen molar-refractivity contribution in [1.82, 2.24) is 9.62 Å². The van der Waals surface area contributed by atoms with Gasteiger partial charge in [-0.3, -0.25) is 4.72 Å². The molecule has 0 saturated heterocycles. The Hall–Kier alpha value is -0.580. The molecule has 0 aliphatic rings. The van der Waals surface area contributed by atoms with Crippen molar-refractivity contribution in [3.8, 4) is 0 Å². The van der Waals surface area contributed by atoms with Crippen LogP contribution >= 0.6 is 24.2 Å². The van der Waals surface area contributed by atoms with Crippen LogP contribution < -0.4 is 4.72 Å². The molecule has 0 unspecified atom stereocenters. The summed E-state index contributed by atoms with van der Waals surface area (Å²) in [4.78, 5) is 1.91. The van der Waals surface area contributed by atoms with Crippen molar-refractivity contribution in [1.29, 1.82) is 0 Å². The maximum atomic E-state index is 5.12. The number of rotatable bonds is 3. The highest BCUT2D eigenvalue weighted by atomic mass is 32.2. The Morgan fingerprint density at radius 1 is 1.36 bits per heavy atom. The molecular weight excluding hydrogens is 212 g/mol. The van der Waals surface area contributed by atoms with Gasteiger partial charge >= 0.3 is 0 Å². The van der Waals surface area contributed by atoms with Gasteiger partial charge in [-0.25, -0.2) is 0 Å². The van der Waals surface area contributed by atoms with Crippen LogP contribution in [0.2, 0.25) is 0 Å². The van der Waals surface area contributed by atoms with Gasteiger partial charge in [0.25, 0.3) is 0 Å². The normalized spacial score (nSPS) is 9.86. The molecule has 0 amide bonds. The molecule has 0 aliphatic heterocycles. The molecule has 1 aromatic carbocycles. The van der Waals surface area contributed by atoms with E-state index in [-0.39, 0.29) is 0 Å². The fourth-order valence-electron chi connectivity index (χ4n) is 0.868. The molecule has 0 heterocycles. The zero-order chi connectivity index (χ0) is 10.4. The summed E-state index contributed by atoms with van der Waals surface area (Å²) in [5, 5.41) is 0. The summed E-state index contributed by atoms with van der Waals surface area (Å²) in [5.74, 6) is 0. The summed E-state index contributed by atoms with van der Waals surface area (Å²) >= 11 is 6.61. The zero-order valence-corrected chi connectivity index (χ0v) is 9.99. The minimum Gasteiger partial charge on any atom is -0.363 e. The minimum absolute atomic E-state index is 0.833. The molecular formula is C10H14N2S2. The predicted octanol–water partition coefficient (Wildman–Crippen LogP) is 2.27. The summed E-state index contributed by atoms with van der Waals surface area (Å²) in [7, 11) is 3.89. The van der Waals surface area contributed by atoms with Crippen molar-refractivity contribution < 1.29 is 0 Å². The largest absolute Gasteiger partial charge is 0.363 e. The van der Waals surface area contributed by atoms with Crippen molar-refractivity contribution in [2.24, 2.45) is 0 Å².